The van der Waals surface area contributed by atoms with Crippen LogP contribution in [0.3, 0.4) is 0 Å². The molecule has 33 heavy (non-hydrogen) atoms. The van der Waals surface area contributed by atoms with Crippen LogP contribution in [0.4, 0.5) is 13.2 Å². The van der Waals surface area contributed by atoms with Gasteiger partial charge < -0.3 is 10.6 Å². The highest BCUT2D eigenvalue weighted by molar-refractivity contribution is 7.09. The quantitative estimate of drug-likeness (QED) is 0.660. The van der Waals surface area contributed by atoms with Crippen molar-refractivity contribution < 1.29 is 22.8 Å². The second kappa shape index (κ2) is 10.2. The van der Waals surface area contributed by atoms with Crippen LogP contribution in [-0.2, 0) is 11.0 Å². The maximum absolute atomic E-state index is 12.8. The van der Waals surface area contributed by atoms with Gasteiger partial charge >= 0.3 is 6.18 Å². The van der Waals surface area contributed by atoms with E-state index < -0.39 is 17.6 Å². The van der Waals surface area contributed by atoms with E-state index in [0.29, 0.717) is 12.0 Å². The van der Waals surface area contributed by atoms with Crippen molar-refractivity contribution in [3.63, 3.8) is 0 Å². The molecular weight excluding hydrogens is 453 g/mol. The number of hydrogen-bond donors (Lipinski definition) is 2. The van der Waals surface area contributed by atoms with Crippen molar-refractivity contribution >= 4 is 23.2 Å². The molecule has 1 saturated carbocycles. The Morgan fingerprint density at radius 1 is 1.15 bits per heavy atom. The first-order chi connectivity index (χ1) is 15.8. The molecule has 2 amide bonds. The number of likely N-dealkylation sites (tertiary alicyclic amines) is 1. The minimum Gasteiger partial charge on any atom is -0.350 e. The SMILES string of the molecule is O=C(CNC(=O)c1cccc(C(F)(F)F)c1)N[C@@H]1CCN(C2CCC(c3nccs3)CC2)C1. The Labute approximate surface area is 194 Å². The number of halogens is 3. The molecule has 1 aromatic carbocycles. The van der Waals surface area contributed by atoms with E-state index in [1.54, 1.807) is 11.3 Å². The molecule has 0 bridgehead atoms. The average Bonchev–Trinajstić information content (AvgIpc) is 3.50. The second-order valence-electron chi connectivity index (χ2n) is 8.69. The number of hydrogen-bond acceptors (Lipinski definition) is 5. The first kappa shape index (κ1) is 23.7. The van der Waals surface area contributed by atoms with Crippen molar-refractivity contribution in [1.82, 2.24) is 20.5 Å². The van der Waals surface area contributed by atoms with E-state index >= 15 is 0 Å². The Balaban J connectivity index is 1.19. The minimum atomic E-state index is -4.53. The molecule has 0 radical (unpaired) electrons. The Morgan fingerprint density at radius 2 is 1.94 bits per heavy atom. The number of nitrogens with zero attached hydrogens (tertiary/aromatic N) is 2. The zero-order valence-corrected chi connectivity index (χ0v) is 18.9. The normalized spacial score (nSPS) is 23.9. The number of alkyl halides is 3. The molecule has 6 nitrogen and oxygen atoms in total. The van der Waals surface area contributed by atoms with Gasteiger partial charge in [0.25, 0.3) is 5.91 Å². The van der Waals surface area contributed by atoms with E-state index in [9.17, 15) is 22.8 Å². The van der Waals surface area contributed by atoms with Crippen molar-refractivity contribution in [1.29, 1.82) is 0 Å². The lowest BCUT2D eigenvalue weighted by Gasteiger charge is -2.34. The Morgan fingerprint density at radius 3 is 2.64 bits per heavy atom. The number of amides is 2. The van der Waals surface area contributed by atoms with Crippen molar-refractivity contribution in [2.75, 3.05) is 19.6 Å². The Bertz CT molecular complexity index is 959. The summed E-state index contributed by atoms with van der Waals surface area (Å²) in [6, 6.07) is 4.69. The predicted molar refractivity (Wildman–Crippen MR) is 119 cm³/mol. The summed E-state index contributed by atoms with van der Waals surface area (Å²) < 4.78 is 38.5. The maximum Gasteiger partial charge on any atom is 0.416 e. The lowest BCUT2D eigenvalue weighted by atomic mass is 9.86. The molecule has 0 spiro atoms. The molecule has 1 aromatic heterocycles. The third-order valence-electron chi connectivity index (χ3n) is 6.46. The average molecular weight is 481 g/mol. The van der Waals surface area contributed by atoms with Crippen LogP contribution in [0, 0.1) is 0 Å². The van der Waals surface area contributed by atoms with Gasteiger partial charge in [-0.3, -0.25) is 14.5 Å². The van der Waals surface area contributed by atoms with Crippen LogP contribution in [0.5, 0.6) is 0 Å². The summed E-state index contributed by atoms with van der Waals surface area (Å²) in [4.78, 5) is 31.3. The topological polar surface area (TPSA) is 74.3 Å². The molecule has 0 unspecified atom stereocenters. The van der Waals surface area contributed by atoms with Gasteiger partial charge in [0, 0.05) is 48.2 Å². The molecule has 1 aliphatic carbocycles. The summed E-state index contributed by atoms with van der Waals surface area (Å²) in [6.45, 7) is 1.43. The highest BCUT2D eigenvalue weighted by atomic mass is 32.1. The van der Waals surface area contributed by atoms with Crippen molar-refractivity contribution in [2.45, 2.75) is 56.3 Å². The van der Waals surface area contributed by atoms with E-state index in [1.807, 2.05) is 11.6 Å². The molecular formula is C23H27F3N4O2S. The summed E-state index contributed by atoms with van der Waals surface area (Å²) in [5.74, 6) is -0.490. The number of nitrogens with one attached hydrogen (secondary N) is 2. The number of thiazole rings is 1. The smallest absolute Gasteiger partial charge is 0.350 e. The third kappa shape index (κ3) is 6.11. The molecule has 1 saturated heterocycles. The monoisotopic (exact) mass is 480 g/mol. The Hall–Kier alpha value is -2.46. The first-order valence-electron chi connectivity index (χ1n) is 11.2. The van der Waals surface area contributed by atoms with Crippen LogP contribution in [0.1, 0.15) is 59.0 Å². The van der Waals surface area contributed by atoms with Gasteiger partial charge in [0.05, 0.1) is 17.1 Å². The second-order valence-corrected chi connectivity index (χ2v) is 9.61. The summed E-state index contributed by atoms with van der Waals surface area (Å²) in [5.41, 5.74) is -1.02. The van der Waals surface area contributed by atoms with E-state index in [1.165, 1.54) is 17.1 Å². The zero-order valence-electron chi connectivity index (χ0n) is 18.1. The molecule has 1 aliphatic heterocycles. The van der Waals surface area contributed by atoms with Crippen LogP contribution in [-0.4, -0.2) is 53.4 Å². The van der Waals surface area contributed by atoms with Gasteiger partial charge in [-0.2, -0.15) is 13.2 Å². The van der Waals surface area contributed by atoms with Crippen molar-refractivity contribution in [3.05, 3.63) is 52.0 Å². The van der Waals surface area contributed by atoms with E-state index in [0.717, 1.165) is 57.3 Å². The number of benzene rings is 1. The molecule has 2 fully saturated rings. The number of rotatable bonds is 6. The molecule has 2 aromatic rings. The van der Waals surface area contributed by atoms with Crippen LogP contribution in [0.15, 0.2) is 35.8 Å². The fourth-order valence-electron chi connectivity index (χ4n) is 4.74. The standard InChI is InChI=1S/C23H27F3N4O2S/c24-23(25,26)17-3-1-2-16(12-17)21(32)28-13-20(31)29-18-8-10-30(14-18)19-6-4-15(5-7-19)22-27-9-11-33-22/h1-3,9,11-12,15,18-19H,4-8,10,13-14H2,(H,28,32)(H,29,31)/t15?,18-,19?/m1/s1. The molecule has 1 atom stereocenters. The van der Waals surface area contributed by atoms with Crippen molar-refractivity contribution in [2.24, 2.45) is 0 Å². The fourth-order valence-corrected chi connectivity index (χ4v) is 5.55. The van der Waals surface area contributed by atoms with Gasteiger partial charge in [-0.25, -0.2) is 4.98 Å². The summed E-state index contributed by atoms with van der Waals surface area (Å²) in [7, 11) is 0. The number of carbonyl (C=O) groups is 2. The lowest BCUT2D eigenvalue weighted by Crippen LogP contribution is -2.44. The number of aromatic nitrogens is 1. The predicted octanol–water partition coefficient (Wildman–Crippen LogP) is 3.81. The lowest BCUT2D eigenvalue weighted by molar-refractivity contribution is -0.137. The molecule has 178 valence electrons. The van der Waals surface area contributed by atoms with Gasteiger partial charge in [-0.1, -0.05) is 6.07 Å². The highest BCUT2D eigenvalue weighted by Crippen LogP contribution is 2.36. The fraction of sp³-hybridized carbons (Fsp3) is 0.522. The third-order valence-corrected chi connectivity index (χ3v) is 7.40. The molecule has 4 rings (SSSR count). The van der Waals surface area contributed by atoms with Gasteiger partial charge in [0.15, 0.2) is 0 Å². The van der Waals surface area contributed by atoms with Crippen LogP contribution < -0.4 is 10.6 Å². The van der Waals surface area contributed by atoms with E-state index in [-0.39, 0.29) is 24.1 Å². The Kier molecular flexibility index (Phi) is 7.33. The maximum atomic E-state index is 12.8. The molecule has 2 aliphatic rings. The van der Waals surface area contributed by atoms with Gasteiger partial charge in [-0.05, 0) is 50.3 Å². The van der Waals surface area contributed by atoms with E-state index in [4.69, 9.17) is 0 Å². The first-order valence-corrected chi connectivity index (χ1v) is 12.1. The van der Waals surface area contributed by atoms with Crippen molar-refractivity contribution in [3.8, 4) is 0 Å². The number of carbonyl (C=O) groups excluding carboxylic acids is 2. The molecule has 2 heterocycles. The molecule has 10 heteroatoms. The van der Waals surface area contributed by atoms with Crippen LogP contribution >= 0.6 is 11.3 Å². The van der Waals surface area contributed by atoms with Gasteiger partial charge in [0.1, 0.15) is 0 Å². The highest BCUT2D eigenvalue weighted by Gasteiger charge is 2.33. The summed E-state index contributed by atoms with van der Waals surface area (Å²) in [5, 5.41) is 8.60. The van der Waals surface area contributed by atoms with Crippen LogP contribution in [0.25, 0.3) is 0 Å². The molecule has 2 N–H and O–H groups in total. The van der Waals surface area contributed by atoms with Crippen LogP contribution in [0.2, 0.25) is 0 Å². The largest absolute Gasteiger partial charge is 0.416 e. The van der Waals surface area contributed by atoms with Gasteiger partial charge in [0.2, 0.25) is 5.91 Å². The van der Waals surface area contributed by atoms with E-state index in [2.05, 4.69) is 20.5 Å². The minimum absolute atomic E-state index is 0.0136. The zero-order chi connectivity index (χ0) is 23.4. The van der Waals surface area contributed by atoms with Gasteiger partial charge in [-0.15, -0.1) is 11.3 Å². The summed E-state index contributed by atoms with van der Waals surface area (Å²) >= 11 is 1.72. The summed E-state index contributed by atoms with van der Waals surface area (Å²) in [6.07, 6.45) is 2.69.